The number of ether oxygens (including phenoxy) is 1. The van der Waals surface area contributed by atoms with Crippen LogP contribution in [0.15, 0.2) is 12.1 Å². The Morgan fingerprint density at radius 2 is 2.40 bits per heavy atom. The minimum atomic E-state index is -0.670. The average molecular weight is 212 g/mol. The zero-order valence-corrected chi connectivity index (χ0v) is 7.99. The summed E-state index contributed by atoms with van der Waals surface area (Å²) < 4.78 is 18.2. The van der Waals surface area contributed by atoms with E-state index in [0.29, 0.717) is 6.61 Å². The lowest BCUT2D eigenvalue weighted by molar-refractivity contribution is -0.384. The fourth-order valence-electron chi connectivity index (χ4n) is 1.47. The van der Waals surface area contributed by atoms with E-state index in [0.717, 1.165) is 12.1 Å². The van der Waals surface area contributed by atoms with Gasteiger partial charge in [0.05, 0.1) is 17.0 Å². The normalized spacial score (nSPS) is 18.7. The highest BCUT2D eigenvalue weighted by Gasteiger charge is 2.25. The zero-order chi connectivity index (χ0) is 11.0. The molecule has 0 radical (unpaired) electrons. The molecule has 5 nitrogen and oxygen atoms in total. The zero-order valence-electron chi connectivity index (χ0n) is 7.99. The molecule has 0 fully saturated rings. The molecule has 1 aliphatic rings. The average Bonchev–Trinajstić information content (AvgIpc) is 2.17. The van der Waals surface area contributed by atoms with Gasteiger partial charge in [-0.15, -0.1) is 0 Å². The first-order valence-corrected chi connectivity index (χ1v) is 4.45. The van der Waals surface area contributed by atoms with Gasteiger partial charge in [0.25, 0.3) is 5.69 Å². The largest absolute Gasteiger partial charge is 0.489 e. The Morgan fingerprint density at radius 1 is 1.67 bits per heavy atom. The molecule has 80 valence electrons. The van der Waals surface area contributed by atoms with Crippen LogP contribution in [-0.2, 0) is 0 Å². The van der Waals surface area contributed by atoms with Gasteiger partial charge in [-0.25, -0.2) is 4.39 Å². The molecule has 1 heterocycles. The van der Waals surface area contributed by atoms with Crippen LogP contribution in [-0.4, -0.2) is 17.6 Å². The molecule has 2 rings (SSSR count). The summed E-state index contributed by atoms with van der Waals surface area (Å²) in [5.74, 6) is -0.475. The number of nitrogens with one attached hydrogen (secondary N) is 1. The Labute approximate surface area is 85.0 Å². The number of hydrogen-bond donors (Lipinski definition) is 1. The molecule has 15 heavy (non-hydrogen) atoms. The lowest BCUT2D eigenvalue weighted by Crippen LogP contribution is -2.28. The van der Waals surface area contributed by atoms with Crippen LogP contribution in [0.4, 0.5) is 15.8 Å². The summed E-state index contributed by atoms with van der Waals surface area (Å²) in [7, 11) is 0. The maximum absolute atomic E-state index is 13.0. The number of nitro benzene ring substituents is 1. The number of hydrogen-bond acceptors (Lipinski definition) is 4. The van der Waals surface area contributed by atoms with E-state index in [1.165, 1.54) is 0 Å². The summed E-state index contributed by atoms with van der Waals surface area (Å²) in [6.45, 7) is 2.20. The van der Waals surface area contributed by atoms with Gasteiger partial charge < -0.3 is 10.1 Å². The first-order chi connectivity index (χ1) is 7.08. The van der Waals surface area contributed by atoms with Crippen molar-refractivity contribution in [3.05, 3.63) is 28.1 Å². The second-order valence-electron chi connectivity index (χ2n) is 3.41. The molecule has 0 bridgehead atoms. The summed E-state index contributed by atoms with van der Waals surface area (Å²) in [6, 6.07) is 2.00. The van der Waals surface area contributed by atoms with Crippen LogP contribution in [0.3, 0.4) is 0 Å². The molecule has 1 aliphatic heterocycles. The van der Waals surface area contributed by atoms with Crippen molar-refractivity contribution in [3.63, 3.8) is 0 Å². The van der Waals surface area contributed by atoms with Gasteiger partial charge >= 0.3 is 0 Å². The van der Waals surface area contributed by atoms with Crippen molar-refractivity contribution in [2.45, 2.75) is 13.0 Å². The molecular formula is C9H9FN2O3. The van der Waals surface area contributed by atoms with Crippen molar-refractivity contribution in [1.82, 2.24) is 0 Å². The van der Waals surface area contributed by atoms with Crippen molar-refractivity contribution in [1.29, 1.82) is 0 Å². The van der Waals surface area contributed by atoms with Crippen LogP contribution < -0.4 is 10.1 Å². The summed E-state index contributed by atoms with van der Waals surface area (Å²) >= 11 is 0. The lowest BCUT2D eigenvalue weighted by Gasteiger charge is -2.24. The molecule has 1 atom stereocenters. The van der Waals surface area contributed by atoms with Crippen LogP contribution in [0.2, 0.25) is 0 Å². The van der Waals surface area contributed by atoms with E-state index in [9.17, 15) is 14.5 Å². The van der Waals surface area contributed by atoms with Gasteiger partial charge in [0.2, 0.25) is 0 Å². The van der Waals surface area contributed by atoms with E-state index >= 15 is 0 Å². The van der Waals surface area contributed by atoms with Crippen molar-refractivity contribution < 1.29 is 14.1 Å². The number of nitrogens with zero attached hydrogens (tertiary/aromatic N) is 1. The predicted octanol–water partition coefficient (Wildman–Crippen LogP) is 1.93. The van der Waals surface area contributed by atoms with Gasteiger partial charge in [-0.05, 0) is 6.92 Å². The summed E-state index contributed by atoms with van der Waals surface area (Å²) in [5, 5.41) is 13.6. The van der Waals surface area contributed by atoms with Gasteiger partial charge in [-0.2, -0.15) is 0 Å². The minimum Gasteiger partial charge on any atom is -0.489 e. The second-order valence-corrected chi connectivity index (χ2v) is 3.41. The Kier molecular flexibility index (Phi) is 2.18. The Morgan fingerprint density at radius 3 is 3.07 bits per heavy atom. The van der Waals surface area contributed by atoms with Crippen LogP contribution in [0.25, 0.3) is 0 Å². The van der Waals surface area contributed by atoms with Crippen LogP contribution in [0.1, 0.15) is 6.92 Å². The number of halogens is 1. The van der Waals surface area contributed by atoms with Crippen molar-refractivity contribution in [2.24, 2.45) is 0 Å². The quantitative estimate of drug-likeness (QED) is 0.570. The van der Waals surface area contributed by atoms with E-state index in [2.05, 4.69) is 5.32 Å². The number of fused-ring (bicyclic) bond motifs is 1. The van der Waals surface area contributed by atoms with Gasteiger partial charge in [-0.3, -0.25) is 10.1 Å². The number of benzene rings is 1. The van der Waals surface area contributed by atoms with E-state index in [1.807, 2.05) is 6.92 Å². The van der Waals surface area contributed by atoms with E-state index < -0.39 is 10.7 Å². The number of rotatable bonds is 1. The van der Waals surface area contributed by atoms with Gasteiger partial charge in [0.15, 0.2) is 11.4 Å². The Balaban J connectivity index is 2.55. The molecule has 0 amide bonds. The fraction of sp³-hybridized carbons (Fsp3) is 0.333. The SMILES string of the molecule is C[C@H]1COc2cc(F)cc([N+](=O)[O-])c2N1. The van der Waals surface area contributed by atoms with E-state index in [-0.39, 0.29) is 23.2 Å². The Bertz CT molecular complexity index is 422. The fourth-order valence-corrected chi connectivity index (χ4v) is 1.47. The standard InChI is InChI=1S/C9H9FN2O3/c1-5-4-15-8-3-6(10)2-7(12(13)14)9(8)11-5/h2-3,5,11H,4H2,1H3/t5-/m0/s1. The molecule has 0 saturated carbocycles. The highest BCUT2D eigenvalue weighted by Crippen LogP contribution is 2.38. The predicted molar refractivity (Wildman–Crippen MR) is 51.6 cm³/mol. The summed E-state index contributed by atoms with van der Waals surface area (Å²) in [4.78, 5) is 10.0. The van der Waals surface area contributed by atoms with Crippen molar-refractivity contribution in [2.75, 3.05) is 11.9 Å². The van der Waals surface area contributed by atoms with Crippen molar-refractivity contribution >= 4 is 11.4 Å². The second kappa shape index (κ2) is 3.38. The van der Waals surface area contributed by atoms with Gasteiger partial charge in [0, 0.05) is 6.07 Å². The highest BCUT2D eigenvalue weighted by molar-refractivity contribution is 5.71. The minimum absolute atomic E-state index is 0.0262. The third-order valence-electron chi connectivity index (χ3n) is 2.12. The Hall–Kier alpha value is -1.85. The van der Waals surface area contributed by atoms with Crippen LogP contribution in [0, 0.1) is 15.9 Å². The van der Waals surface area contributed by atoms with E-state index in [1.54, 1.807) is 0 Å². The third-order valence-corrected chi connectivity index (χ3v) is 2.12. The van der Waals surface area contributed by atoms with Gasteiger partial charge in [-0.1, -0.05) is 0 Å². The van der Waals surface area contributed by atoms with Gasteiger partial charge in [0.1, 0.15) is 12.4 Å². The lowest BCUT2D eigenvalue weighted by atomic mass is 10.2. The third kappa shape index (κ3) is 1.70. The highest BCUT2D eigenvalue weighted by atomic mass is 19.1. The van der Waals surface area contributed by atoms with Crippen LogP contribution in [0.5, 0.6) is 5.75 Å². The molecule has 1 aromatic rings. The van der Waals surface area contributed by atoms with Crippen LogP contribution >= 0.6 is 0 Å². The van der Waals surface area contributed by atoms with Crippen molar-refractivity contribution in [3.8, 4) is 5.75 Å². The summed E-state index contributed by atoms with van der Waals surface area (Å²) in [6.07, 6.45) is 0. The molecule has 6 heteroatoms. The molecule has 1 N–H and O–H groups in total. The smallest absolute Gasteiger partial charge is 0.299 e. The molecule has 0 unspecified atom stereocenters. The first-order valence-electron chi connectivity index (χ1n) is 4.45. The van der Waals surface area contributed by atoms with E-state index in [4.69, 9.17) is 4.74 Å². The maximum atomic E-state index is 13.0. The number of nitro groups is 1. The topological polar surface area (TPSA) is 64.4 Å². The number of anilines is 1. The molecule has 0 aliphatic carbocycles. The molecule has 0 aromatic heterocycles. The molecule has 0 spiro atoms. The molecule has 0 saturated heterocycles. The monoisotopic (exact) mass is 212 g/mol. The molecular weight excluding hydrogens is 203 g/mol. The summed E-state index contributed by atoms with van der Waals surface area (Å²) in [5.41, 5.74) is -0.0447. The molecule has 1 aromatic carbocycles. The first kappa shape index (κ1) is 9.70. The maximum Gasteiger partial charge on any atom is 0.299 e.